The molecule has 0 amide bonds. The maximum Gasteiger partial charge on any atom is 0.261 e. The van der Waals surface area contributed by atoms with Gasteiger partial charge in [0.15, 0.2) is 0 Å². The fraction of sp³-hybridized carbons (Fsp3) is 0.250. The molecule has 1 heterocycles. The van der Waals surface area contributed by atoms with E-state index in [1.165, 1.54) is 0 Å². The van der Waals surface area contributed by atoms with Crippen LogP contribution in [0.25, 0.3) is 0 Å². The molecule has 3 rings (SSSR count). The van der Waals surface area contributed by atoms with Crippen LogP contribution < -0.4 is 14.8 Å². The first-order valence-corrected chi connectivity index (χ1v) is 8.52. The van der Waals surface area contributed by atoms with Crippen molar-refractivity contribution in [3.63, 3.8) is 0 Å². The normalized spacial score (nSPS) is 16.7. The molecule has 6 heteroatoms. The van der Waals surface area contributed by atoms with Crippen molar-refractivity contribution in [3.05, 3.63) is 48.0 Å². The van der Waals surface area contributed by atoms with Crippen LogP contribution in [-0.2, 0) is 16.4 Å². The van der Waals surface area contributed by atoms with Gasteiger partial charge in [0.05, 0.1) is 17.7 Å². The Kier molecular flexibility index (Phi) is 3.70. The summed E-state index contributed by atoms with van der Waals surface area (Å²) in [5, 5.41) is 3.31. The predicted molar refractivity (Wildman–Crippen MR) is 87.0 cm³/mol. The minimum atomic E-state index is -3.61. The zero-order valence-electron chi connectivity index (χ0n) is 12.5. The average molecular weight is 318 g/mol. The van der Waals surface area contributed by atoms with Crippen LogP contribution in [0.5, 0.6) is 5.75 Å². The molecule has 5 nitrogen and oxygen atoms in total. The van der Waals surface area contributed by atoms with Gasteiger partial charge < -0.3 is 10.1 Å². The van der Waals surface area contributed by atoms with Gasteiger partial charge >= 0.3 is 0 Å². The molecule has 1 aliphatic rings. The predicted octanol–water partition coefficient (Wildman–Crippen LogP) is 2.85. The fourth-order valence-corrected chi connectivity index (χ4v) is 3.69. The molecular formula is C16H18N2O3S. The summed E-state index contributed by atoms with van der Waals surface area (Å²) >= 11 is 0. The smallest absolute Gasteiger partial charge is 0.261 e. The van der Waals surface area contributed by atoms with Crippen LogP contribution in [0, 0.1) is 0 Å². The summed E-state index contributed by atoms with van der Waals surface area (Å²) in [5.41, 5.74) is 2.51. The van der Waals surface area contributed by atoms with Gasteiger partial charge in [-0.05, 0) is 49.2 Å². The molecule has 0 saturated heterocycles. The van der Waals surface area contributed by atoms with E-state index in [1.54, 1.807) is 43.5 Å². The van der Waals surface area contributed by atoms with Crippen molar-refractivity contribution < 1.29 is 13.2 Å². The third kappa shape index (κ3) is 2.87. The quantitative estimate of drug-likeness (QED) is 0.909. The summed E-state index contributed by atoms with van der Waals surface area (Å²) in [6.07, 6.45) is 0.831. The molecule has 0 saturated carbocycles. The molecule has 0 fully saturated rings. The Labute approximate surface area is 130 Å². The number of hydrogen-bond donors (Lipinski definition) is 2. The summed E-state index contributed by atoms with van der Waals surface area (Å²) in [6.45, 7) is 2.07. The average Bonchev–Trinajstić information content (AvgIpc) is 2.86. The van der Waals surface area contributed by atoms with Gasteiger partial charge in [-0.1, -0.05) is 6.07 Å². The number of ether oxygens (including phenoxy) is 1. The number of sulfonamides is 1. The van der Waals surface area contributed by atoms with Gasteiger partial charge in [-0.3, -0.25) is 4.72 Å². The van der Waals surface area contributed by atoms with Crippen LogP contribution in [0.1, 0.15) is 12.5 Å². The van der Waals surface area contributed by atoms with Crippen molar-refractivity contribution in [3.8, 4) is 5.75 Å². The lowest BCUT2D eigenvalue weighted by atomic mass is 10.1. The first-order chi connectivity index (χ1) is 10.5. The topological polar surface area (TPSA) is 67.4 Å². The second-order valence-corrected chi connectivity index (χ2v) is 7.09. The number of fused-ring (bicyclic) bond motifs is 1. The number of hydrogen-bond acceptors (Lipinski definition) is 4. The van der Waals surface area contributed by atoms with Gasteiger partial charge in [-0.15, -0.1) is 0 Å². The Morgan fingerprint density at radius 1 is 1.23 bits per heavy atom. The first kappa shape index (κ1) is 14.7. The van der Waals surface area contributed by atoms with Crippen LogP contribution in [0.2, 0.25) is 0 Å². The molecule has 116 valence electrons. The zero-order valence-corrected chi connectivity index (χ0v) is 13.3. The molecule has 2 N–H and O–H groups in total. The maximum absolute atomic E-state index is 12.5. The summed E-state index contributed by atoms with van der Waals surface area (Å²) in [5.74, 6) is 0.604. The molecule has 0 radical (unpaired) electrons. The molecule has 0 aliphatic carbocycles. The molecule has 1 aliphatic heterocycles. The van der Waals surface area contributed by atoms with Crippen molar-refractivity contribution >= 4 is 21.4 Å². The van der Waals surface area contributed by atoms with E-state index < -0.39 is 10.0 Å². The van der Waals surface area contributed by atoms with Crippen molar-refractivity contribution in [2.75, 3.05) is 17.1 Å². The van der Waals surface area contributed by atoms with Crippen LogP contribution in [0.4, 0.5) is 11.4 Å². The van der Waals surface area contributed by atoms with E-state index >= 15 is 0 Å². The van der Waals surface area contributed by atoms with E-state index in [2.05, 4.69) is 17.0 Å². The van der Waals surface area contributed by atoms with E-state index in [-0.39, 0.29) is 4.90 Å². The summed E-state index contributed by atoms with van der Waals surface area (Å²) in [6, 6.07) is 12.3. The zero-order chi connectivity index (χ0) is 15.7. The summed E-state index contributed by atoms with van der Waals surface area (Å²) in [4.78, 5) is 0.268. The van der Waals surface area contributed by atoms with E-state index in [4.69, 9.17) is 4.74 Å². The lowest BCUT2D eigenvalue weighted by Gasteiger charge is -2.10. The van der Waals surface area contributed by atoms with Crippen molar-refractivity contribution in [2.24, 2.45) is 0 Å². The lowest BCUT2D eigenvalue weighted by Crippen LogP contribution is -2.13. The summed E-state index contributed by atoms with van der Waals surface area (Å²) < 4.78 is 32.7. The highest BCUT2D eigenvalue weighted by Gasteiger charge is 2.21. The second-order valence-electron chi connectivity index (χ2n) is 5.41. The minimum absolute atomic E-state index is 0.268. The summed E-state index contributed by atoms with van der Waals surface area (Å²) in [7, 11) is -2.07. The Hall–Kier alpha value is -2.21. The first-order valence-electron chi connectivity index (χ1n) is 7.04. The van der Waals surface area contributed by atoms with Crippen LogP contribution in [0.15, 0.2) is 47.4 Å². The van der Waals surface area contributed by atoms with E-state index in [9.17, 15) is 8.42 Å². The molecule has 0 bridgehead atoms. The highest BCUT2D eigenvalue weighted by molar-refractivity contribution is 7.92. The molecule has 0 unspecified atom stereocenters. The number of nitrogens with one attached hydrogen (secondary N) is 2. The highest BCUT2D eigenvalue weighted by Crippen LogP contribution is 2.29. The minimum Gasteiger partial charge on any atom is -0.497 e. The third-order valence-corrected chi connectivity index (χ3v) is 5.02. The number of benzene rings is 2. The number of anilines is 2. The van der Waals surface area contributed by atoms with E-state index in [0.717, 1.165) is 17.7 Å². The van der Waals surface area contributed by atoms with Gasteiger partial charge in [-0.25, -0.2) is 8.42 Å². The van der Waals surface area contributed by atoms with Crippen LogP contribution >= 0.6 is 0 Å². The molecule has 2 aromatic carbocycles. The Morgan fingerprint density at radius 3 is 2.82 bits per heavy atom. The van der Waals surface area contributed by atoms with Crippen molar-refractivity contribution in [2.45, 2.75) is 24.3 Å². The SMILES string of the molecule is COc1cccc(NS(=O)(=O)c2ccc3c(c2)C[C@H](C)N3)c1. The third-order valence-electron chi connectivity index (χ3n) is 3.64. The standard InChI is InChI=1S/C16H18N2O3S/c1-11-8-12-9-15(6-7-16(12)17-11)22(19,20)18-13-4-3-5-14(10-13)21-2/h3-7,9-11,17-18H,8H2,1-2H3/t11-/m0/s1. The van der Waals surface area contributed by atoms with Crippen LogP contribution in [0.3, 0.4) is 0 Å². The maximum atomic E-state index is 12.5. The molecule has 0 spiro atoms. The van der Waals surface area contributed by atoms with Gasteiger partial charge in [0, 0.05) is 17.8 Å². The molecule has 2 aromatic rings. The van der Waals surface area contributed by atoms with E-state index in [0.29, 0.717) is 17.5 Å². The highest BCUT2D eigenvalue weighted by atomic mass is 32.2. The fourth-order valence-electron chi connectivity index (χ4n) is 2.59. The van der Waals surface area contributed by atoms with Crippen molar-refractivity contribution in [1.82, 2.24) is 0 Å². The van der Waals surface area contributed by atoms with Crippen LogP contribution in [-0.4, -0.2) is 21.6 Å². The van der Waals surface area contributed by atoms with Gasteiger partial charge in [0.1, 0.15) is 5.75 Å². The number of methoxy groups -OCH3 is 1. The Balaban J connectivity index is 1.88. The second kappa shape index (κ2) is 5.53. The van der Waals surface area contributed by atoms with Crippen molar-refractivity contribution in [1.29, 1.82) is 0 Å². The molecular weight excluding hydrogens is 300 g/mol. The lowest BCUT2D eigenvalue weighted by molar-refractivity contribution is 0.415. The van der Waals surface area contributed by atoms with E-state index in [1.807, 2.05) is 6.07 Å². The Bertz CT molecular complexity index is 803. The Morgan fingerprint density at radius 2 is 2.05 bits per heavy atom. The largest absolute Gasteiger partial charge is 0.497 e. The van der Waals surface area contributed by atoms with Gasteiger partial charge in [0.25, 0.3) is 10.0 Å². The van der Waals surface area contributed by atoms with Gasteiger partial charge in [-0.2, -0.15) is 0 Å². The monoisotopic (exact) mass is 318 g/mol. The molecule has 22 heavy (non-hydrogen) atoms. The molecule has 1 atom stereocenters. The number of rotatable bonds is 4. The molecule has 0 aromatic heterocycles. The van der Waals surface area contributed by atoms with Gasteiger partial charge in [0.2, 0.25) is 0 Å².